The fourth-order valence-electron chi connectivity index (χ4n) is 5.07. The number of methoxy groups -OCH3 is 2. The van der Waals surface area contributed by atoms with Crippen LogP contribution in [0.25, 0.3) is 11.1 Å². The number of benzene rings is 3. The average Bonchev–Trinajstić information content (AvgIpc) is 3.81. The van der Waals surface area contributed by atoms with Crippen LogP contribution in [-0.2, 0) is 30.4 Å². The van der Waals surface area contributed by atoms with Crippen LogP contribution in [0.1, 0.15) is 35.4 Å². The molecule has 5 rings (SSSR count). The predicted molar refractivity (Wildman–Crippen MR) is 153 cm³/mol. The minimum Gasteiger partial charge on any atom is -0.497 e. The Morgan fingerprint density at radius 3 is 2.19 bits per heavy atom. The molecular formula is C32H34N2O8. The Morgan fingerprint density at radius 2 is 1.55 bits per heavy atom. The molecule has 0 radical (unpaired) electrons. The number of ether oxygens (including phenoxy) is 5. The van der Waals surface area contributed by atoms with Crippen molar-refractivity contribution in [2.45, 2.75) is 31.5 Å². The lowest BCUT2D eigenvalue weighted by Gasteiger charge is -2.18. The lowest BCUT2D eigenvalue weighted by atomic mass is 9.98. The number of esters is 1. The van der Waals surface area contributed by atoms with Crippen molar-refractivity contribution in [3.63, 3.8) is 0 Å². The first kappa shape index (κ1) is 28.9. The lowest BCUT2D eigenvalue weighted by Crippen LogP contribution is -2.40. The molecule has 3 aromatic carbocycles. The first-order valence-corrected chi connectivity index (χ1v) is 13.8. The molecule has 0 bridgehead atoms. The minimum atomic E-state index is -0.801. The summed E-state index contributed by atoms with van der Waals surface area (Å²) in [6.07, 6.45) is 0.178. The summed E-state index contributed by atoms with van der Waals surface area (Å²) in [5.41, 5.74) is 5.17. The highest BCUT2D eigenvalue weighted by Gasteiger charge is 2.38. The second-order valence-corrected chi connectivity index (χ2v) is 10.1. The largest absolute Gasteiger partial charge is 0.497 e. The van der Waals surface area contributed by atoms with E-state index in [2.05, 4.69) is 22.8 Å². The predicted octanol–water partition coefficient (Wildman–Crippen LogP) is 4.15. The maximum absolute atomic E-state index is 12.7. The molecule has 0 saturated heterocycles. The molecule has 0 spiro atoms. The average molecular weight is 575 g/mol. The van der Waals surface area contributed by atoms with Gasteiger partial charge in [0.15, 0.2) is 6.10 Å². The minimum absolute atomic E-state index is 0.00893. The highest BCUT2D eigenvalue weighted by atomic mass is 16.6. The van der Waals surface area contributed by atoms with Crippen molar-refractivity contribution in [3.8, 4) is 22.6 Å². The van der Waals surface area contributed by atoms with Crippen LogP contribution in [0.4, 0.5) is 4.79 Å². The molecule has 3 aromatic rings. The van der Waals surface area contributed by atoms with E-state index < -0.39 is 24.1 Å². The standard InChI is InChI=1S/C32H34N2O8/c1-38-22-14-13-21(28(15-22)39-2)17-40-31(36)30(20-11-12-20)42-19-34-29(35)16-33-32(37)41-18-27-25-9-5-3-7-23(25)24-8-4-6-10-26(24)27/h3-10,13-15,20,27,30H,11-12,16-19H2,1-2H3,(H,33,37)(H,34,35)/t30-/m1/s1. The third-order valence-electron chi connectivity index (χ3n) is 7.42. The van der Waals surface area contributed by atoms with E-state index in [1.54, 1.807) is 25.3 Å². The quantitative estimate of drug-likeness (QED) is 0.231. The summed E-state index contributed by atoms with van der Waals surface area (Å²) in [6.45, 7) is -0.337. The van der Waals surface area contributed by atoms with Gasteiger partial charge >= 0.3 is 12.1 Å². The summed E-state index contributed by atoms with van der Waals surface area (Å²) in [4.78, 5) is 37.4. The summed E-state index contributed by atoms with van der Waals surface area (Å²) in [5, 5.41) is 5.03. The van der Waals surface area contributed by atoms with E-state index in [1.165, 1.54) is 7.11 Å². The molecule has 42 heavy (non-hydrogen) atoms. The van der Waals surface area contributed by atoms with Crippen molar-refractivity contribution in [1.29, 1.82) is 0 Å². The molecule has 2 aliphatic carbocycles. The summed E-state index contributed by atoms with van der Waals surface area (Å²) in [5.74, 6) is 0.143. The molecule has 2 amide bonds. The van der Waals surface area contributed by atoms with Crippen LogP contribution in [-0.4, -0.2) is 58.2 Å². The van der Waals surface area contributed by atoms with Crippen LogP contribution < -0.4 is 20.1 Å². The Balaban J connectivity index is 1.03. The number of amides is 2. The molecule has 0 aliphatic heterocycles. The fraction of sp³-hybridized carbons (Fsp3) is 0.344. The van der Waals surface area contributed by atoms with Crippen molar-refractivity contribution < 1.29 is 38.1 Å². The van der Waals surface area contributed by atoms with Gasteiger partial charge in [-0.1, -0.05) is 48.5 Å². The van der Waals surface area contributed by atoms with Crippen molar-refractivity contribution in [2.24, 2.45) is 5.92 Å². The normalized spacial score (nSPS) is 14.2. The van der Waals surface area contributed by atoms with Crippen molar-refractivity contribution in [3.05, 3.63) is 83.4 Å². The molecular weight excluding hydrogens is 540 g/mol. The number of alkyl carbamates (subject to hydrolysis) is 1. The second-order valence-electron chi connectivity index (χ2n) is 10.1. The Morgan fingerprint density at radius 1 is 0.857 bits per heavy atom. The van der Waals surface area contributed by atoms with Gasteiger partial charge in [0.05, 0.1) is 14.2 Å². The summed E-state index contributed by atoms with van der Waals surface area (Å²) < 4.78 is 27.2. The van der Waals surface area contributed by atoms with E-state index in [0.717, 1.165) is 35.1 Å². The number of carbonyl (C=O) groups is 3. The smallest absolute Gasteiger partial charge is 0.407 e. The highest BCUT2D eigenvalue weighted by Crippen LogP contribution is 2.44. The van der Waals surface area contributed by atoms with Crippen LogP contribution in [0.3, 0.4) is 0 Å². The highest BCUT2D eigenvalue weighted by molar-refractivity contribution is 5.82. The number of nitrogens with one attached hydrogen (secondary N) is 2. The molecule has 220 valence electrons. The molecule has 10 heteroatoms. The van der Waals surface area contributed by atoms with Gasteiger partial charge in [0.25, 0.3) is 0 Å². The molecule has 1 saturated carbocycles. The van der Waals surface area contributed by atoms with Gasteiger partial charge in [-0.2, -0.15) is 0 Å². The number of carbonyl (C=O) groups excluding carboxylic acids is 3. The molecule has 10 nitrogen and oxygen atoms in total. The molecule has 0 aromatic heterocycles. The molecule has 1 atom stereocenters. The molecule has 2 aliphatic rings. The van der Waals surface area contributed by atoms with Gasteiger partial charge in [-0.05, 0) is 53.1 Å². The number of hydrogen-bond donors (Lipinski definition) is 2. The Hall–Kier alpha value is -4.57. The van der Waals surface area contributed by atoms with Crippen LogP contribution in [0.5, 0.6) is 11.5 Å². The number of hydrogen-bond acceptors (Lipinski definition) is 8. The van der Waals surface area contributed by atoms with Crippen LogP contribution in [0.2, 0.25) is 0 Å². The van der Waals surface area contributed by atoms with E-state index in [1.807, 2.05) is 36.4 Å². The van der Waals surface area contributed by atoms with Gasteiger partial charge in [-0.3, -0.25) is 4.79 Å². The first-order chi connectivity index (χ1) is 20.5. The zero-order valence-corrected chi connectivity index (χ0v) is 23.6. The summed E-state index contributed by atoms with van der Waals surface area (Å²) in [6, 6.07) is 21.3. The Labute approximate surface area is 244 Å². The van der Waals surface area contributed by atoms with Crippen LogP contribution in [0.15, 0.2) is 66.7 Å². The monoisotopic (exact) mass is 574 g/mol. The third kappa shape index (κ3) is 6.83. The number of rotatable bonds is 13. The van der Waals surface area contributed by atoms with Crippen molar-refractivity contribution in [2.75, 3.05) is 34.1 Å². The third-order valence-corrected chi connectivity index (χ3v) is 7.42. The van der Waals surface area contributed by atoms with Gasteiger partial charge < -0.3 is 34.3 Å². The zero-order valence-electron chi connectivity index (χ0n) is 23.6. The van der Waals surface area contributed by atoms with Gasteiger partial charge in [0, 0.05) is 17.5 Å². The van der Waals surface area contributed by atoms with Crippen molar-refractivity contribution >= 4 is 18.0 Å². The number of fused-ring (bicyclic) bond motifs is 3. The Kier molecular flexibility index (Phi) is 9.23. The fourth-order valence-corrected chi connectivity index (χ4v) is 5.07. The molecule has 0 unspecified atom stereocenters. The van der Waals surface area contributed by atoms with Crippen molar-refractivity contribution in [1.82, 2.24) is 10.6 Å². The summed E-state index contributed by atoms with van der Waals surface area (Å²) in [7, 11) is 3.09. The van der Waals surface area contributed by atoms with E-state index in [0.29, 0.717) is 17.1 Å². The van der Waals surface area contributed by atoms with E-state index in [4.69, 9.17) is 23.7 Å². The van der Waals surface area contributed by atoms with E-state index >= 15 is 0 Å². The molecule has 1 fully saturated rings. The molecule has 0 heterocycles. The van der Waals surface area contributed by atoms with Gasteiger partial charge in [0.1, 0.15) is 38.0 Å². The summed E-state index contributed by atoms with van der Waals surface area (Å²) >= 11 is 0. The first-order valence-electron chi connectivity index (χ1n) is 13.8. The maximum atomic E-state index is 12.7. The van der Waals surface area contributed by atoms with Crippen LogP contribution in [0, 0.1) is 5.92 Å². The van der Waals surface area contributed by atoms with E-state index in [9.17, 15) is 14.4 Å². The molecule has 2 N–H and O–H groups in total. The lowest BCUT2D eigenvalue weighted by molar-refractivity contribution is -0.161. The Bertz CT molecular complexity index is 1390. The maximum Gasteiger partial charge on any atom is 0.407 e. The SMILES string of the molecule is COc1ccc(COC(=O)[C@H](OCNC(=O)CNC(=O)OCC2c3ccccc3-c3ccccc32)C2CC2)c(OC)c1. The van der Waals surface area contributed by atoms with Crippen LogP contribution >= 0.6 is 0 Å². The van der Waals surface area contributed by atoms with Gasteiger partial charge in [-0.25, -0.2) is 9.59 Å². The second kappa shape index (κ2) is 13.4. The van der Waals surface area contributed by atoms with Gasteiger partial charge in [-0.15, -0.1) is 0 Å². The van der Waals surface area contributed by atoms with Gasteiger partial charge in [0.2, 0.25) is 5.91 Å². The van der Waals surface area contributed by atoms with E-state index in [-0.39, 0.29) is 38.3 Å². The zero-order chi connectivity index (χ0) is 29.5. The topological polar surface area (TPSA) is 121 Å².